The number of carbonyl (C=O) groups is 2. The molecule has 0 radical (unpaired) electrons. The number of Topliss-reactive ketones (excluding diaryl/α,β-unsaturated/α-hetero) is 2. The van der Waals surface area contributed by atoms with E-state index in [0.717, 1.165) is 64.2 Å². The molecular formula is C33H48O8. The molecular weight excluding hydrogens is 524 g/mol. The molecule has 0 aliphatic heterocycles. The molecule has 8 nitrogen and oxygen atoms in total. The van der Waals surface area contributed by atoms with Gasteiger partial charge < -0.3 is 30.6 Å². The van der Waals surface area contributed by atoms with Crippen molar-refractivity contribution in [1.29, 1.82) is 0 Å². The van der Waals surface area contributed by atoms with Crippen LogP contribution in [0.1, 0.15) is 148 Å². The van der Waals surface area contributed by atoms with E-state index in [1.54, 1.807) is 0 Å². The number of rotatable bonds is 20. The first kappa shape index (κ1) is 33.8. The highest BCUT2D eigenvalue weighted by atomic mass is 16.3. The van der Waals surface area contributed by atoms with Crippen LogP contribution in [0.15, 0.2) is 12.1 Å². The lowest BCUT2D eigenvalue weighted by Crippen LogP contribution is -2.04. The Labute approximate surface area is 243 Å². The molecule has 2 aromatic rings. The minimum Gasteiger partial charge on any atom is -0.504 e. The number of phenolic OH excluding ortho intramolecular Hbond substituents is 6. The van der Waals surface area contributed by atoms with Crippen LogP contribution in [-0.4, -0.2) is 42.2 Å². The molecule has 0 aliphatic carbocycles. The number of unbranched alkanes of at least 4 members (excludes halogenated alkanes) is 12. The van der Waals surface area contributed by atoms with Crippen molar-refractivity contribution in [3.05, 3.63) is 34.4 Å². The zero-order chi connectivity index (χ0) is 30.4. The molecule has 0 fully saturated rings. The van der Waals surface area contributed by atoms with Crippen LogP contribution < -0.4 is 0 Å². The van der Waals surface area contributed by atoms with Crippen molar-refractivity contribution in [2.24, 2.45) is 0 Å². The summed E-state index contributed by atoms with van der Waals surface area (Å²) >= 11 is 0. The van der Waals surface area contributed by atoms with Crippen LogP contribution >= 0.6 is 0 Å². The molecule has 228 valence electrons. The van der Waals surface area contributed by atoms with E-state index in [2.05, 4.69) is 13.8 Å². The minimum atomic E-state index is -0.858. The largest absolute Gasteiger partial charge is 0.504 e. The first-order valence-corrected chi connectivity index (χ1v) is 15.2. The zero-order valence-corrected chi connectivity index (χ0v) is 24.7. The predicted molar refractivity (Wildman–Crippen MR) is 160 cm³/mol. The van der Waals surface area contributed by atoms with Gasteiger partial charge in [0.05, 0.1) is 11.1 Å². The molecule has 0 aromatic heterocycles. The summed E-state index contributed by atoms with van der Waals surface area (Å²) in [4.78, 5) is 25.7. The maximum atomic E-state index is 12.9. The smallest absolute Gasteiger partial charge is 0.201 e. The van der Waals surface area contributed by atoms with Crippen molar-refractivity contribution in [2.75, 3.05) is 0 Å². The number of phenols is 6. The van der Waals surface area contributed by atoms with Gasteiger partial charge in [0.2, 0.25) is 11.5 Å². The molecule has 0 amide bonds. The van der Waals surface area contributed by atoms with Crippen molar-refractivity contribution in [3.63, 3.8) is 0 Å². The molecule has 41 heavy (non-hydrogen) atoms. The molecule has 0 bridgehead atoms. The number of aromatic hydroxyl groups is 6. The van der Waals surface area contributed by atoms with Crippen molar-refractivity contribution in [2.45, 2.75) is 123 Å². The number of ketones is 2. The van der Waals surface area contributed by atoms with Gasteiger partial charge in [-0.2, -0.15) is 0 Å². The average molecular weight is 573 g/mol. The Balaban J connectivity index is 2.16. The average Bonchev–Trinajstić information content (AvgIpc) is 2.96. The number of carbonyl (C=O) groups excluding carboxylic acids is 2. The molecule has 8 heteroatoms. The molecule has 0 saturated carbocycles. The van der Waals surface area contributed by atoms with E-state index in [4.69, 9.17) is 0 Å². The standard InChI is InChI=1S/C33H48O8/c1-3-5-7-9-11-13-15-17-26(34)24-20-22(28(36)32(40)30(24)38)19-23-21-25(31(39)33(41)29(23)37)27(35)18-16-14-12-10-8-6-4-2/h20-21,36-41H,3-19H2,1-2H3. The van der Waals surface area contributed by atoms with Crippen LogP contribution in [0.3, 0.4) is 0 Å². The fraction of sp³-hybridized carbons (Fsp3) is 0.576. The zero-order valence-electron chi connectivity index (χ0n) is 24.7. The van der Waals surface area contributed by atoms with Gasteiger partial charge >= 0.3 is 0 Å². The van der Waals surface area contributed by atoms with Crippen molar-refractivity contribution >= 4 is 11.6 Å². The number of hydrogen-bond donors (Lipinski definition) is 6. The van der Waals surface area contributed by atoms with Gasteiger partial charge in [-0.15, -0.1) is 0 Å². The van der Waals surface area contributed by atoms with Gasteiger partial charge in [0.15, 0.2) is 34.6 Å². The molecule has 0 heterocycles. The molecule has 0 aliphatic rings. The van der Waals surface area contributed by atoms with E-state index >= 15 is 0 Å². The van der Waals surface area contributed by atoms with Crippen molar-refractivity contribution in [1.82, 2.24) is 0 Å². The Kier molecular flexibility index (Phi) is 14.3. The summed E-state index contributed by atoms with van der Waals surface area (Å²) in [5.74, 6) is -5.31. The van der Waals surface area contributed by atoms with Crippen LogP contribution in [0, 0.1) is 0 Å². The predicted octanol–water partition coefficient (Wildman–Crippen LogP) is 8.16. The Morgan fingerprint density at radius 2 is 0.780 bits per heavy atom. The van der Waals surface area contributed by atoms with Crippen LogP contribution in [0.5, 0.6) is 34.5 Å². The van der Waals surface area contributed by atoms with Gasteiger partial charge in [-0.1, -0.05) is 90.9 Å². The van der Waals surface area contributed by atoms with Crippen LogP contribution in [0.25, 0.3) is 0 Å². The first-order valence-electron chi connectivity index (χ1n) is 15.2. The maximum Gasteiger partial charge on any atom is 0.201 e. The third-order valence-corrected chi connectivity index (χ3v) is 7.65. The summed E-state index contributed by atoms with van der Waals surface area (Å²) in [6, 6.07) is 2.49. The molecule has 0 atom stereocenters. The second-order valence-corrected chi connectivity index (χ2v) is 11.0. The van der Waals surface area contributed by atoms with Gasteiger partial charge in [0.25, 0.3) is 0 Å². The summed E-state index contributed by atoms with van der Waals surface area (Å²) in [5, 5.41) is 62.4. The van der Waals surface area contributed by atoms with Gasteiger partial charge in [0, 0.05) is 30.4 Å². The summed E-state index contributed by atoms with van der Waals surface area (Å²) in [7, 11) is 0. The van der Waals surface area contributed by atoms with Crippen LogP contribution in [-0.2, 0) is 6.42 Å². The Morgan fingerprint density at radius 1 is 0.463 bits per heavy atom. The lowest BCUT2D eigenvalue weighted by molar-refractivity contribution is 0.0967. The topological polar surface area (TPSA) is 156 Å². The third kappa shape index (κ3) is 9.87. The quantitative estimate of drug-likeness (QED) is 0.0527. The van der Waals surface area contributed by atoms with Crippen LogP contribution in [0.4, 0.5) is 0 Å². The lowest BCUT2D eigenvalue weighted by atomic mass is 9.93. The fourth-order valence-corrected chi connectivity index (χ4v) is 5.06. The van der Waals surface area contributed by atoms with Crippen LogP contribution in [0.2, 0.25) is 0 Å². The normalized spacial score (nSPS) is 11.2. The van der Waals surface area contributed by atoms with Gasteiger partial charge in [-0.3, -0.25) is 9.59 Å². The number of benzene rings is 2. The SMILES string of the molecule is CCCCCCCCCC(=O)c1cc(Cc2cc(C(=O)CCCCCCCCC)c(O)c(O)c2O)c(O)c(O)c1O. The third-order valence-electron chi connectivity index (χ3n) is 7.65. The number of hydrogen-bond acceptors (Lipinski definition) is 8. The van der Waals surface area contributed by atoms with Gasteiger partial charge in [-0.25, -0.2) is 0 Å². The molecule has 0 saturated heterocycles. The molecule has 0 unspecified atom stereocenters. The van der Waals surface area contributed by atoms with Crippen molar-refractivity contribution < 1.29 is 40.2 Å². The van der Waals surface area contributed by atoms with E-state index in [0.29, 0.717) is 12.8 Å². The molecule has 2 rings (SSSR count). The summed E-state index contributed by atoms with van der Waals surface area (Å²) in [6.07, 6.45) is 14.2. The highest BCUT2D eigenvalue weighted by molar-refractivity contribution is 6.01. The van der Waals surface area contributed by atoms with Crippen molar-refractivity contribution in [3.8, 4) is 34.5 Å². The Bertz CT molecular complexity index is 1070. The summed E-state index contributed by atoms with van der Waals surface area (Å²) in [6.45, 7) is 4.29. The molecule has 2 aromatic carbocycles. The monoisotopic (exact) mass is 572 g/mol. The highest BCUT2D eigenvalue weighted by Gasteiger charge is 2.25. The van der Waals surface area contributed by atoms with E-state index in [9.17, 15) is 40.2 Å². The Morgan fingerprint density at radius 3 is 1.12 bits per heavy atom. The van der Waals surface area contributed by atoms with Gasteiger partial charge in [0.1, 0.15) is 0 Å². The van der Waals surface area contributed by atoms with E-state index in [1.165, 1.54) is 25.0 Å². The maximum absolute atomic E-state index is 12.9. The second-order valence-electron chi connectivity index (χ2n) is 11.0. The second kappa shape index (κ2) is 17.4. The fourth-order valence-electron chi connectivity index (χ4n) is 5.06. The van der Waals surface area contributed by atoms with E-state index < -0.39 is 46.1 Å². The Hall–Kier alpha value is -3.42. The summed E-state index contributed by atoms with van der Waals surface area (Å²) < 4.78 is 0. The first-order chi connectivity index (χ1) is 19.6. The van der Waals surface area contributed by atoms with E-state index in [1.807, 2.05) is 0 Å². The van der Waals surface area contributed by atoms with Gasteiger partial charge in [-0.05, 0) is 25.0 Å². The van der Waals surface area contributed by atoms with E-state index in [-0.39, 0.29) is 41.5 Å². The lowest BCUT2D eigenvalue weighted by Gasteiger charge is -2.15. The minimum absolute atomic E-state index is 0.00841. The molecule has 0 spiro atoms. The summed E-state index contributed by atoms with van der Waals surface area (Å²) in [5.41, 5.74) is -0.291. The highest BCUT2D eigenvalue weighted by Crippen LogP contribution is 2.45. The molecule has 6 N–H and O–H groups in total.